The van der Waals surface area contributed by atoms with Gasteiger partial charge in [-0.05, 0) is 36.2 Å². The van der Waals surface area contributed by atoms with Crippen molar-refractivity contribution in [1.82, 2.24) is 10.3 Å². The Bertz CT molecular complexity index is 974. The molecule has 0 saturated carbocycles. The Labute approximate surface area is 176 Å². The molecule has 3 rings (SSSR count). The lowest BCUT2D eigenvalue weighted by Gasteiger charge is -2.06. The lowest BCUT2D eigenvalue weighted by molar-refractivity contribution is -0.124. The number of thiazole rings is 1. The van der Waals surface area contributed by atoms with Crippen LogP contribution in [0.15, 0.2) is 53.9 Å². The van der Waals surface area contributed by atoms with Gasteiger partial charge in [-0.25, -0.2) is 9.78 Å². The first-order valence-electron chi connectivity index (χ1n) is 8.41. The van der Waals surface area contributed by atoms with E-state index in [0.717, 1.165) is 11.1 Å². The highest BCUT2D eigenvalue weighted by Crippen LogP contribution is 2.26. The van der Waals surface area contributed by atoms with E-state index in [0.29, 0.717) is 28.0 Å². The van der Waals surface area contributed by atoms with E-state index in [1.54, 1.807) is 29.6 Å². The summed E-state index contributed by atoms with van der Waals surface area (Å²) in [6.07, 6.45) is 0.659. The maximum Gasteiger partial charge on any atom is 0.358 e. The second kappa shape index (κ2) is 9.68. The first-order valence-corrected chi connectivity index (χ1v) is 10.0. The molecule has 5 nitrogen and oxygen atoms in total. The number of nitrogens with one attached hydrogen (secondary N) is 1. The molecule has 0 atom stereocenters. The molecule has 0 radical (unpaired) electrons. The van der Waals surface area contributed by atoms with E-state index in [2.05, 4.69) is 10.3 Å². The van der Waals surface area contributed by atoms with Crippen molar-refractivity contribution in [3.8, 4) is 10.6 Å². The number of esters is 1. The van der Waals surface area contributed by atoms with E-state index >= 15 is 0 Å². The highest BCUT2D eigenvalue weighted by atomic mass is 35.5. The fourth-order valence-electron chi connectivity index (χ4n) is 2.37. The minimum Gasteiger partial charge on any atom is -0.451 e. The molecule has 1 N–H and O–H groups in total. The van der Waals surface area contributed by atoms with Crippen LogP contribution in [0.2, 0.25) is 10.0 Å². The van der Waals surface area contributed by atoms with Crippen molar-refractivity contribution in [2.24, 2.45) is 0 Å². The Morgan fingerprint density at radius 1 is 1.07 bits per heavy atom. The third-order valence-corrected chi connectivity index (χ3v) is 5.15. The highest BCUT2D eigenvalue weighted by molar-refractivity contribution is 7.13. The molecule has 1 amide bonds. The molecule has 0 bridgehead atoms. The predicted octanol–water partition coefficient (Wildman–Crippen LogP) is 4.63. The van der Waals surface area contributed by atoms with Gasteiger partial charge in [-0.15, -0.1) is 11.3 Å². The molecular weight excluding hydrogens is 419 g/mol. The van der Waals surface area contributed by atoms with Crippen molar-refractivity contribution < 1.29 is 14.3 Å². The molecule has 0 saturated heterocycles. The molecule has 2 aromatic carbocycles. The Morgan fingerprint density at radius 3 is 2.61 bits per heavy atom. The molecule has 1 aromatic heterocycles. The molecule has 0 fully saturated rings. The molecule has 0 aliphatic carbocycles. The third-order valence-electron chi connectivity index (χ3n) is 3.77. The van der Waals surface area contributed by atoms with E-state index in [1.165, 1.54) is 11.3 Å². The van der Waals surface area contributed by atoms with Crippen molar-refractivity contribution >= 4 is 46.4 Å². The molecule has 144 valence electrons. The summed E-state index contributed by atoms with van der Waals surface area (Å²) in [5.74, 6) is -1.01. The smallest absolute Gasteiger partial charge is 0.358 e. The number of amides is 1. The maximum absolute atomic E-state index is 12.1. The van der Waals surface area contributed by atoms with Gasteiger partial charge in [0, 0.05) is 27.5 Å². The zero-order chi connectivity index (χ0) is 19.9. The number of rotatable bonds is 7. The zero-order valence-electron chi connectivity index (χ0n) is 14.7. The number of carbonyl (C=O) groups excluding carboxylic acids is 2. The SMILES string of the molecule is O=C(COC(=O)c1csc(-c2cccc(Cl)c2)n1)NCCc1ccc(Cl)cc1. The second-order valence-electron chi connectivity index (χ2n) is 5.85. The minimum atomic E-state index is -0.641. The Kier molecular flexibility index (Phi) is 7.03. The summed E-state index contributed by atoms with van der Waals surface area (Å²) in [4.78, 5) is 28.2. The van der Waals surface area contributed by atoms with Crippen LogP contribution in [-0.4, -0.2) is 30.0 Å². The number of halogens is 2. The summed E-state index contributed by atoms with van der Waals surface area (Å²) in [6.45, 7) is 0.0805. The number of aromatic nitrogens is 1. The second-order valence-corrected chi connectivity index (χ2v) is 7.58. The number of hydrogen-bond donors (Lipinski definition) is 1. The van der Waals surface area contributed by atoms with Crippen LogP contribution >= 0.6 is 34.5 Å². The van der Waals surface area contributed by atoms with Crippen LogP contribution in [0.3, 0.4) is 0 Å². The quantitative estimate of drug-likeness (QED) is 0.550. The number of carbonyl (C=O) groups is 2. The van der Waals surface area contributed by atoms with Crippen LogP contribution < -0.4 is 5.32 Å². The van der Waals surface area contributed by atoms with E-state index in [-0.39, 0.29) is 18.2 Å². The van der Waals surface area contributed by atoms with Crippen LogP contribution in [0, 0.1) is 0 Å². The van der Waals surface area contributed by atoms with Gasteiger partial charge >= 0.3 is 5.97 Å². The first kappa shape index (κ1) is 20.3. The van der Waals surface area contributed by atoms with E-state index in [1.807, 2.05) is 24.3 Å². The summed E-state index contributed by atoms with van der Waals surface area (Å²) in [5, 5.41) is 6.21. The largest absolute Gasteiger partial charge is 0.451 e. The van der Waals surface area contributed by atoms with Crippen molar-refractivity contribution in [2.75, 3.05) is 13.2 Å². The molecule has 8 heteroatoms. The number of benzene rings is 2. The summed E-state index contributed by atoms with van der Waals surface area (Å²) in [7, 11) is 0. The Morgan fingerprint density at radius 2 is 1.86 bits per heavy atom. The van der Waals surface area contributed by atoms with Gasteiger partial charge in [-0.1, -0.05) is 47.5 Å². The fourth-order valence-corrected chi connectivity index (χ4v) is 3.48. The Hall–Kier alpha value is -2.41. The van der Waals surface area contributed by atoms with Gasteiger partial charge in [0.15, 0.2) is 12.3 Å². The van der Waals surface area contributed by atoms with Crippen molar-refractivity contribution in [3.63, 3.8) is 0 Å². The van der Waals surface area contributed by atoms with Crippen LogP contribution in [-0.2, 0) is 16.0 Å². The monoisotopic (exact) mass is 434 g/mol. The molecule has 3 aromatic rings. The molecule has 0 aliphatic rings. The summed E-state index contributed by atoms with van der Waals surface area (Å²) >= 11 is 13.1. The fraction of sp³-hybridized carbons (Fsp3) is 0.150. The summed E-state index contributed by atoms with van der Waals surface area (Å²) in [5.41, 5.74) is 2.03. The topological polar surface area (TPSA) is 68.3 Å². The van der Waals surface area contributed by atoms with Gasteiger partial charge in [-0.2, -0.15) is 0 Å². The van der Waals surface area contributed by atoms with Gasteiger partial charge in [0.25, 0.3) is 5.91 Å². The zero-order valence-corrected chi connectivity index (χ0v) is 17.0. The maximum atomic E-state index is 12.1. The number of ether oxygens (including phenoxy) is 1. The van der Waals surface area contributed by atoms with E-state index in [4.69, 9.17) is 27.9 Å². The van der Waals surface area contributed by atoms with Crippen LogP contribution in [0.5, 0.6) is 0 Å². The van der Waals surface area contributed by atoms with Gasteiger partial charge in [0.05, 0.1) is 0 Å². The number of nitrogens with zero attached hydrogens (tertiary/aromatic N) is 1. The molecular formula is C20H16Cl2N2O3S. The van der Waals surface area contributed by atoms with Crippen LogP contribution in [0.25, 0.3) is 10.6 Å². The lowest BCUT2D eigenvalue weighted by Crippen LogP contribution is -2.30. The van der Waals surface area contributed by atoms with Crippen LogP contribution in [0.1, 0.15) is 16.1 Å². The lowest BCUT2D eigenvalue weighted by atomic mass is 10.1. The minimum absolute atomic E-state index is 0.161. The molecule has 0 aliphatic heterocycles. The molecule has 28 heavy (non-hydrogen) atoms. The summed E-state index contributed by atoms with van der Waals surface area (Å²) in [6, 6.07) is 14.6. The van der Waals surface area contributed by atoms with Crippen molar-refractivity contribution in [2.45, 2.75) is 6.42 Å². The molecule has 0 spiro atoms. The van der Waals surface area contributed by atoms with Gasteiger partial charge in [-0.3, -0.25) is 4.79 Å². The van der Waals surface area contributed by atoms with E-state index < -0.39 is 5.97 Å². The first-order chi connectivity index (χ1) is 13.5. The normalized spacial score (nSPS) is 10.5. The van der Waals surface area contributed by atoms with E-state index in [9.17, 15) is 9.59 Å². The molecule has 1 heterocycles. The third kappa shape index (κ3) is 5.79. The highest BCUT2D eigenvalue weighted by Gasteiger charge is 2.15. The van der Waals surface area contributed by atoms with Crippen LogP contribution in [0.4, 0.5) is 0 Å². The van der Waals surface area contributed by atoms with Gasteiger partial charge < -0.3 is 10.1 Å². The van der Waals surface area contributed by atoms with Gasteiger partial charge in [0.1, 0.15) is 5.01 Å². The Balaban J connectivity index is 1.45. The summed E-state index contributed by atoms with van der Waals surface area (Å²) < 4.78 is 5.03. The predicted molar refractivity (Wildman–Crippen MR) is 111 cm³/mol. The molecule has 0 unspecified atom stereocenters. The van der Waals surface area contributed by atoms with Crippen molar-refractivity contribution in [3.05, 3.63) is 75.2 Å². The standard InChI is InChI=1S/C20H16Cl2N2O3S/c21-15-6-4-13(5-7-15)8-9-23-18(25)11-27-20(26)17-12-28-19(24-17)14-2-1-3-16(22)10-14/h1-7,10,12H,8-9,11H2,(H,23,25). The average Bonchev–Trinajstić information content (AvgIpc) is 3.18. The van der Waals surface area contributed by atoms with Crippen molar-refractivity contribution in [1.29, 1.82) is 0 Å². The average molecular weight is 435 g/mol. The number of hydrogen-bond acceptors (Lipinski definition) is 5. The van der Waals surface area contributed by atoms with Gasteiger partial charge in [0.2, 0.25) is 0 Å².